The standard InChI is InChI=1S/C8H15F3O/c1-7(2,3)5-4-6-12-8(9,10)11/h4-6H2,1-3H3. The quantitative estimate of drug-likeness (QED) is 0.611. The van der Waals surface area contributed by atoms with Gasteiger partial charge in [0, 0.05) is 0 Å². The highest BCUT2D eigenvalue weighted by Crippen LogP contribution is 2.22. The van der Waals surface area contributed by atoms with Gasteiger partial charge in [0.05, 0.1) is 6.61 Å². The highest BCUT2D eigenvalue weighted by atomic mass is 19.4. The third-order valence-electron chi connectivity index (χ3n) is 1.34. The van der Waals surface area contributed by atoms with Crippen molar-refractivity contribution in [2.75, 3.05) is 6.61 Å². The molecule has 0 saturated carbocycles. The lowest BCUT2D eigenvalue weighted by Gasteiger charge is -2.17. The minimum atomic E-state index is -4.47. The van der Waals surface area contributed by atoms with E-state index in [4.69, 9.17) is 0 Å². The van der Waals surface area contributed by atoms with E-state index in [1.807, 2.05) is 20.8 Å². The molecule has 0 aliphatic rings. The van der Waals surface area contributed by atoms with Crippen molar-refractivity contribution in [3.63, 3.8) is 0 Å². The molecule has 0 aromatic heterocycles. The second-order valence-corrected chi connectivity index (χ2v) is 3.96. The molecule has 0 atom stereocenters. The number of ether oxygens (including phenoxy) is 1. The zero-order valence-electron chi connectivity index (χ0n) is 7.66. The molecule has 0 bridgehead atoms. The molecule has 0 radical (unpaired) electrons. The van der Waals surface area contributed by atoms with Crippen LogP contribution in [0.1, 0.15) is 33.6 Å². The van der Waals surface area contributed by atoms with Gasteiger partial charge in [0.1, 0.15) is 0 Å². The first-order chi connectivity index (χ1) is 5.21. The second-order valence-electron chi connectivity index (χ2n) is 3.96. The van der Waals surface area contributed by atoms with Gasteiger partial charge in [0.2, 0.25) is 0 Å². The molecule has 12 heavy (non-hydrogen) atoms. The van der Waals surface area contributed by atoms with Crippen molar-refractivity contribution in [2.45, 2.75) is 40.0 Å². The Morgan fingerprint density at radius 2 is 1.58 bits per heavy atom. The fraction of sp³-hybridized carbons (Fsp3) is 1.00. The Balaban J connectivity index is 3.35. The van der Waals surface area contributed by atoms with Gasteiger partial charge in [-0.3, -0.25) is 4.74 Å². The van der Waals surface area contributed by atoms with Crippen molar-refractivity contribution in [2.24, 2.45) is 5.41 Å². The van der Waals surface area contributed by atoms with Crippen LogP contribution in [0.4, 0.5) is 13.2 Å². The molecular weight excluding hydrogens is 169 g/mol. The SMILES string of the molecule is CC(C)(C)CCCOC(F)(F)F. The van der Waals surface area contributed by atoms with Crippen LogP contribution in [0.15, 0.2) is 0 Å². The first-order valence-electron chi connectivity index (χ1n) is 3.91. The van der Waals surface area contributed by atoms with Gasteiger partial charge in [0.25, 0.3) is 0 Å². The van der Waals surface area contributed by atoms with Crippen molar-refractivity contribution in [1.82, 2.24) is 0 Å². The Hall–Kier alpha value is -0.250. The molecule has 0 amide bonds. The van der Waals surface area contributed by atoms with Crippen molar-refractivity contribution in [3.8, 4) is 0 Å². The van der Waals surface area contributed by atoms with Crippen LogP contribution in [0, 0.1) is 5.41 Å². The zero-order chi connectivity index (χ0) is 9.83. The normalized spacial score (nSPS) is 13.5. The molecule has 0 N–H and O–H groups in total. The van der Waals surface area contributed by atoms with Gasteiger partial charge in [-0.25, -0.2) is 0 Å². The summed E-state index contributed by atoms with van der Waals surface area (Å²) in [5.74, 6) is 0. The summed E-state index contributed by atoms with van der Waals surface area (Å²) < 4.78 is 38.0. The van der Waals surface area contributed by atoms with Gasteiger partial charge in [-0.2, -0.15) is 0 Å². The molecule has 0 unspecified atom stereocenters. The Bertz CT molecular complexity index is 107. The van der Waals surface area contributed by atoms with E-state index in [0.29, 0.717) is 6.42 Å². The van der Waals surface area contributed by atoms with Crippen molar-refractivity contribution in [1.29, 1.82) is 0 Å². The highest BCUT2D eigenvalue weighted by Gasteiger charge is 2.28. The van der Waals surface area contributed by atoms with Gasteiger partial charge >= 0.3 is 6.36 Å². The van der Waals surface area contributed by atoms with E-state index >= 15 is 0 Å². The number of halogens is 3. The Morgan fingerprint density at radius 3 is 1.92 bits per heavy atom. The molecule has 0 rings (SSSR count). The summed E-state index contributed by atoms with van der Waals surface area (Å²) in [4.78, 5) is 0. The Kier molecular flexibility index (Phi) is 4.03. The minimum absolute atomic E-state index is 0.0783. The molecule has 1 nitrogen and oxygen atoms in total. The summed E-state index contributed by atoms with van der Waals surface area (Å²) in [7, 11) is 0. The molecule has 0 aromatic rings. The van der Waals surface area contributed by atoms with Crippen LogP contribution in [0.3, 0.4) is 0 Å². The molecule has 0 heterocycles. The first kappa shape index (κ1) is 11.8. The Morgan fingerprint density at radius 1 is 1.08 bits per heavy atom. The lowest BCUT2D eigenvalue weighted by molar-refractivity contribution is -0.325. The molecular formula is C8H15F3O. The van der Waals surface area contributed by atoms with Crippen LogP contribution in [0.2, 0.25) is 0 Å². The third-order valence-corrected chi connectivity index (χ3v) is 1.34. The van der Waals surface area contributed by atoms with Crippen LogP contribution in [-0.4, -0.2) is 13.0 Å². The van der Waals surface area contributed by atoms with E-state index in [1.165, 1.54) is 0 Å². The fourth-order valence-electron chi connectivity index (χ4n) is 0.790. The topological polar surface area (TPSA) is 9.23 Å². The highest BCUT2D eigenvalue weighted by molar-refractivity contribution is 4.60. The van der Waals surface area contributed by atoms with Crippen LogP contribution in [0.5, 0.6) is 0 Å². The van der Waals surface area contributed by atoms with E-state index in [0.717, 1.165) is 6.42 Å². The number of alkyl halides is 3. The average molecular weight is 184 g/mol. The summed E-state index contributed by atoms with van der Waals surface area (Å²) in [6, 6.07) is 0. The average Bonchev–Trinajstić information content (AvgIpc) is 1.76. The van der Waals surface area contributed by atoms with Crippen molar-refractivity contribution < 1.29 is 17.9 Å². The summed E-state index contributed by atoms with van der Waals surface area (Å²) in [5.41, 5.74) is 0.0783. The lowest BCUT2D eigenvalue weighted by atomic mass is 9.91. The monoisotopic (exact) mass is 184 g/mol. The molecule has 0 spiro atoms. The Labute approximate surface area is 70.9 Å². The molecule has 0 aliphatic heterocycles. The molecule has 0 aliphatic carbocycles. The predicted octanol–water partition coefficient (Wildman–Crippen LogP) is 3.35. The van der Waals surface area contributed by atoms with E-state index in [9.17, 15) is 13.2 Å². The number of hydrogen-bond donors (Lipinski definition) is 0. The van der Waals surface area contributed by atoms with E-state index in [-0.39, 0.29) is 12.0 Å². The number of hydrogen-bond acceptors (Lipinski definition) is 1. The van der Waals surface area contributed by atoms with Gasteiger partial charge in [-0.1, -0.05) is 20.8 Å². The van der Waals surface area contributed by atoms with Crippen LogP contribution >= 0.6 is 0 Å². The lowest BCUT2D eigenvalue weighted by Crippen LogP contribution is -2.15. The summed E-state index contributed by atoms with van der Waals surface area (Å²) in [6.07, 6.45) is -3.29. The zero-order valence-corrected chi connectivity index (χ0v) is 7.66. The van der Waals surface area contributed by atoms with Crippen LogP contribution in [-0.2, 0) is 4.74 Å². The van der Waals surface area contributed by atoms with Crippen LogP contribution in [0.25, 0.3) is 0 Å². The summed E-state index contributed by atoms with van der Waals surface area (Å²) >= 11 is 0. The maximum absolute atomic E-state index is 11.5. The molecule has 0 aromatic carbocycles. The van der Waals surface area contributed by atoms with E-state index < -0.39 is 6.36 Å². The summed E-state index contributed by atoms with van der Waals surface area (Å²) in [5, 5.41) is 0. The first-order valence-corrected chi connectivity index (χ1v) is 3.91. The van der Waals surface area contributed by atoms with Crippen LogP contribution < -0.4 is 0 Å². The minimum Gasteiger partial charge on any atom is -0.292 e. The summed E-state index contributed by atoms with van der Waals surface area (Å²) in [6.45, 7) is 5.72. The van der Waals surface area contributed by atoms with E-state index in [2.05, 4.69) is 4.74 Å². The molecule has 74 valence electrons. The maximum atomic E-state index is 11.5. The largest absolute Gasteiger partial charge is 0.522 e. The second kappa shape index (κ2) is 4.12. The van der Waals surface area contributed by atoms with Crippen molar-refractivity contribution in [3.05, 3.63) is 0 Å². The number of rotatable bonds is 3. The van der Waals surface area contributed by atoms with Gasteiger partial charge in [0.15, 0.2) is 0 Å². The van der Waals surface area contributed by atoms with Crippen molar-refractivity contribution >= 4 is 0 Å². The fourth-order valence-corrected chi connectivity index (χ4v) is 0.790. The third kappa shape index (κ3) is 9.75. The molecule has 0 fully saturated rings. The van der Waals surface area contributed by atoms with Gasteiger partial charge in [-0.15, -0.1) is 13.2 Å². The van der Waals surface area contributed by atoms with E-state index in [1.54, 1.807) is 0 Å². The maximum Gasteiger partial charge on any atom is 0.522 e. The van der Waals surface area contributed by atoms with Gasteiger partial charge in [-0.05, 0) is 18.3 Å². The molecule has 4 heteroatoms. The smallest absolute Gasteiger partial charge is 0.292 e. The predicted molar refractivity (Wildman–Crippen MR) is 40.7 cm³/mol. The van der Waals surface area contributed by atoms with Gasteiger partial charge < -0.3 is 0 Å². The molecule has 0 saturated heterocycles.